The van der Waals surface area contributed by atoms with Gasteiger partial charge in [0.25, 0.3) is 11.7 Å². The molecule has 0 bridgehead atoms. The molecule has 0 spiro atoms. The number of methoxy groups -OCH3 is 2. The number of aliphatic hydroxyl groups is 1. The molecule has 0 aliphatic carbocycles. The van der Waals surface area contributed by atoms with Gasteiger partial charge >= 0.3 is 0 Å². The predicted molar refractivity (Wildman–Crippen MR) is 128 cm³/mol. The third-order valence-electron chi connectivity index (χ3n) is 5.94. The number of amides is 1. The molecule has 1 N–H and O–H groups in total. The van der Waals surface area contributed by atoms with Crippen LogP contribution in [0.15, 0.2) is 48.0 Å². The highest BCUT2D eigenvalue weighted by Gasteiger charge is 2.47. The van der Waals surface area contributed by atoms with Crippen molar-refractivity contribution in [3.63, 3.8) is 0 Å². The normalized spacial score (nSPS) is 17.6. The first-order valence-electron chi connectivity index (χ1n) is 10.8. The fourth-order valence-electron chi connectivity index (χ4n) is 4.11. The number of ketones is 1. The highest BCUT2D eigenvalue weighted by Crippen LogP contribution is 2.45. The lowest BCUT2D eigenvalue weighted by molar-refractivity contribution is -0.140. The Bertz CT molecular complexity index is 1050. The van der Waals surface area contributed by atoms with E-state index in [1.165, 1.54) is 19.1 Å². The van der Waals surface area contributed by atoms with Crippen molar-refractivity contribution >= 4 is 29.1 Å². The number of rotatable bonds is 9. The summed E-state index contributed by atoms with van der Waals surface area (Å²) in [6.45, 7) is 6.62. The number of carbonyl (C=O) groups excluding carboxylic acids is 2. The SMILES string of the molecule is CCN(CC)CCN1C(=O)C(=O)/C(=C(/O)c2ccc(Cl)cc2)C1c1cccc(OC)c1OC. The van der Waals surface area contributed by atoms with E-state index in [4.69, 9.17) is 21.1 Å². The van der Waals surface area contributed by atoms with Crippen LogP contribution in [0.4, 0.5) is 0 Å². The molecule has 1 unspecified atom stereocenters. The number of para-hydroxylation sites is 1. The first kappa shape index (κ1) is 24.6. The molecule has 1 atom stereocenters. The number of carbonyl (C=O) groups is 2. The third-order valence-corrected chi connectivity index (χ3v) is 6.19. The Morgan fingerprint density at radius 2 is 1.73 bits per heavy atom. The molecule has 33 heavy (non-hydrogen) atoms. The van der Waals surface area contributed by atoms with Crippen molar-refractivity contribution in [2.24, 2.45) is 0 Å². The van der Waals surface area contributed by atoms with E-state index in [0.29, 0.717) is 40.7 Å². The topological polar surface area (TPSA) is 79.3 Å². The van der Waals surface area contributed by atoms with Crippen LogP contribution in [0.2, 0.25) is 5.02 Å². The van der Waals surface area contributed by atoms with Gasteiger partial charge in [0.2, 0.25) is 0 Å². The number of hydrogen-bond acceptors (Lipinski definition) is 6. The van der Waals surface area contributed by atoms with Crippen LogP contribution >= 0.6 is 11.6 Å². The fourth-order valence-corrected chi connectivity index (χ4v) is 4.24. The van der Waals surface area contributed by atoms with Gasteiger partial charge in [-0.15, -0.1) is 0 Å². The maximum Gasteiger partial charge on any atom is 0.295 e. The van der Waals surface area contributed by atoms with Crippen LogP contribution in [0, 0.1) is 0 Å². The van der Waals surface area contributed by atoms with Gasteiger partial charge in [0.15, 0.2) is 11.5 Å². The van der Waals surface area contributed by atoms with Crippen molar-refractivity contribution in [1.82, 2.24) is 9.80 Å². The van der Waals surface area contributed by atoms with E-state index in [9.17, 15) is 14.7 Å². The number of likely N-dealkylation sites (N-methyl/N-ethyl adjacent to an activating group) is 1. The summed E-state index contributed by atoms with van der Waals surface area (Å²) in [6.07, 6.45) is 0. The van der Waals surface area contributed by atoms with E-state index >= 15 is 0 Å². The average molecular weight is 473 g/mol. The van der Waals surface area contributed by atoms with Crippen LogP contribution in [-0.4, -0.2) is 67.0 Å². The van der Waals surface area contributed by atoms with Gasteiger partial charge < -0.3 is 24.4 Å². The quantitative estimate of drug-likeness (QED) is 0.336. The molecular formula is C25H29ClN2O5. The molecule has 0 aromatic heterocycles. The first-order chi connectivity index (χ1) is 15.9. The number of aliphatic hydroxyl groups excluding tert-OH is 1. The molecule has 0 saturated carbocycles. The summed E-state index contributed by atoms with van der Waals surface area (Å²) in [5.41, 5.74) is 0.965. The number of ether oxygens (including phenoxy) is 2. The van der Waals surface area contributed by atoms with E-state index in [2.05, 4.69) is 4.90 Å². The Kier molecular flexibility index (Phi) is 8.00. The molecule has 0 radical (unpaired) electrons. The minimum Gasteiger partial charge on any atom is -0.507 e. The molecule has 176 valence electrons. The average Bonchev–Trinajstić information content (AvgIpc) is 3.08. The largest absolute Gasteiger partial charge is 0.507 e. The van der Waals surface area contributed by atoms with Gasteiger partial charge in [0.1, 0.15) is 5.76 Å². The Balaban J connectivity index is 2.19. The van der Waals surface area contributed by atoms with Gasteiger partial charge in [-0.2, -0.15) is 0 Å². The van der Waals surface area contributed by atoms with E-state index in [0.717, 1.165) is 13.1 Å². The number of Topliss-reactive ketones (excluding diaryl/α,β-unsaturated/α-hetero) is 1. The standard InChI is InChI=1S/C25H29ClN2O5/c1-5-27(6-2)14-15-28-21(18-8-7-9-19(32-3)24(18)33-4)20(23(30)25(28)31)22(29)16-10-12-17(26)13-11-16/h7-13,21,29H,5-6,14-15H2,1-4H3/b22-20+. The summed E-state index contributed by atoms with van der Waals surface area (Å²) < 4.78 is 11.0. The zero-order valence-electron chi connectivity index (χ0n) is 19.3. The highest BCUT2D eigenvalue weighted by atomic mass is 35.5. The molecule has 1 aliphatic rings. The molecular weight excluding hydrogens is 444 g/mol. The van der Waals surface area contributed by atoms with Crippen molar-refractivity contribution in [3.05, 3.63) is 64.2 Å². The van der Waals surface area contributed by atoms with Crippen molar-refractivity contribution in [3.8, 4) is 11.5 Å². The lowest BCUT2D eigenvalue weighted by Gasteiger charge is -2.29. The maximum atomic E-state index is 13.2. The highest BCUT2D eigenvalue weighted by molar-refractivity contribution is 6.46. The van der Waals surface area contributed by atoms with E-state index in [1.807, 2.05) is 13.8 Å². The zero-order valence-corrected chi connectivity index (χ0v) is 20.1. The second kappa shape index (κ2) is 10.7. The molecule has 8 heteroatoms. The monoisotopic (exact) mass is 472 g/mol. The summed E-state index contributed by atoms with van der Waals surface area (Å²) in [6, 6.07) is 10.9. The minimum atomic E-state index is -0.832. The zero-order chi connectivity index (χ0) is 24.1. The molecule has 3 rings (SSSR count). The Hall–Kier alpha value is -3.03. The third kappa shape index (κ3) is 4.84. The van der Waals surface area contributed by atoms with Crippen molar-refractivity contribution in [1.29, 1.82) is 0 Å². The van der Waals surface area contributed by atoms with Crippen LogP contribution in [0.3, 0.4) is 0 Å². The van der Waals surface area contributed by atoms with E-state index in [-0.39, 0.29) is 11.3 Å². The van der Waals surface area contributed by atoms with Crippen LogP contribution < -0.4 is 9.47 Å². The summed E-state index contributed by atoms with van der Waals surface area (Å²) in [4.78, 5) is 30.0. The number of hydrogen-bond donors (Lipinski definition) is 1. The molecule has 2 aromatic rings. The molecule has 1 fully saturated rings. The fraction of sp³-hybridized carbons (Fsp3) is 0.360. The number of likely N-dealkylation sites (tertiary alicyclic amines) is 1. The molecule has 2 aromatic carbocycles. The van der Waals surface area contributed by atoms with Crippen LogP contribution in [0.1, 0.15) is 31.0 Å². The lowest BCUT2D eigenvalue weighted by Crippen LogP contribution is -2.38. The predicted octanol–water partition coefficient (Wildman–Crippen LogP) is 4.12. The van der Waals surface area contributed by atoms with Gasteiger partial charge in [0, 0.05) is 29.2 Å². The van der Waals surface area contributed by atoms with Crippen molar-refractivity contribution < 1.29 is 24.2 Å². The maximum absolute atomic E-state index is 13.2. The summed E-state index contributed by atoms with van der Waals surface area (Å²) in [7, 11) is 3.02. The number of halogens is 1. The Morgan fingerprint density at radius 3 is 2.30 bits per heavy atom. The lowest BCUT2D eigenvalue weighted by atomic mass is 9.94. The van der Waals surface area contributed by atoms with Gasteiger partial charge in [-0.3, -0.25) is 9.59 Å². The van der Waals surface area contributed by atoms with Crippen molar-refractivity contribution in [2.75, 3.05) is 40.4 Å². The first-order valence-corrected chi connectivity index (χ1v) is 11.2. The van der Waals surface area contributed by atoms with Gasteiger partial charge in [0.05, 0.1) is 25.8 Å². The smallest absolute Gasteiger partial charge is 0.295 e. The van der Waals surface area contributed by atoms with E-state index in [1.54, 1.807) is 42.5 Å². The molecule has 1 amide bonds. The molecule has 7 nitrogen and oxygen atoms in total. The molecule has 1 aliphatic heterocycles. The summed E-state index contributed by atoms with van der Waals surface area (Å²) >= 11 is 5.98. The number of benzene rings is 2. The van der Waals surface area contributed by atoms with Crippen LogP contribution in [0.5, 0.6) is 11.5 Å². The van der Waals surface area contributed by atoms with Crippen LogP contribution in [0.25, 0.3) is 5.76 Å². The Labute approximate surface area is 199 Å². The van der Waals surface area contributed by atoms with Gasteiger partial charge in [-0.1, -0.05) is 37.6 Å². The molecule has 1 saturated heterocycles. The number of nitrogens with zero attached hydrogens (tertiary/aromatic N) is 2. The summed E-state index contributed by atoms with van der Waals surface area (Å²) in [5.74, 6) is -0.785. The Morgan fingerprint density at radius 1 is 1.06 bits per heavy atom. The van der Waals surface area contributed by atoms with Gasteiger partial charge in [-0.25, -0.2) is 0 Å². The summed E-state index contributed by atoms with van der Waals surface area (Å²) in [5, 5.41) is 11.7. The minimum absolute atomic E-state index is 0.00780. The second-order valence-electron chi connectivity index (χ2n) is 7.61. The van der Waals surface area contributed by atoms with Crippen molar-refractivity contribution in [2.45, 2.75) is 19.9 Å². The molecule has 1 heterocycles. The second-order valence-corrected chi connectivity index (χ2v) is 8.05. The van der Waals surface area contributed by atoms with Gasteiger partial charge in [-0.05, 0) is 43.4 Å². The van der Waals surface area contributed by atoms with Crippen LogP contribution in [-0.2, 0) is 9.59 Å². The van der Waals surface area contributed by atoms with E-state index < -0.39 is 17.7 Å².